The molecule has 0 fully saturated rings. The number of nitrogens with one attached hydrogen (secondary N) is 1. The second-order valence-electron chi connectivity index (χ2n) is 6.43. The molecular formula is C22H20N2O3. The number of pyridine rings is 1. The van der Waals surface area contributed by atoms with Crippen molar-refractivity contribution in [2.45, 2.75) is 20.4 Å². The van der Waals surface area contributed by atoms with E-state index in [1.54, 1.807) is 36.5 Å². The molecule has 0 saturated heterocycles. The summed E-state index contributed by atoms with van der Waals surface area (Å²) in [7, 11) is 0. The minimum absolute atomic E-state index is 0.0536. The molecule has 5 heteroatoms. The topological polar surface area (TPSA) is 68.2 Å². The van der Waals surface area contributed by atoms with Crippen LogP contribution in [-0.4, -0.2) is 16.3 Å². The molecule has 0 aliphatic carbocycles. The van der Waals surface area contributed by atoms with E-state index in [1.165, 1.54) is 17.6 Å². The van der Waals surface area contributed by atoms with Crippen LogP contribution in [0.3, 0.4) is 0 Å². The highest BCUT2D eigenvalue weighted by Gasteiger charge is 2.13. The Morgan fingerprint density at radius 1 is 1.00 bits per heavy atom. The average molecular weight is 360 g/mol. The maximum atomic E-state index is 12.7. The van der Waals surface area contributed by atoms with Crippen molar-refractivity contribution in [2.24, 2.45) is 0 Å². The van der Waals surface area contributed by atoms with Crippen molar-refractivity contribution >= 4 is 17.4 Å². The van der Waals surface area contributed by atoms with E-state index in [0.717, 1.165) is 11.1 Å². The predicted molar refractivity (Wildman–Crippen MR) is 105 cm³/mol. The predicted octanol–water partition coefficient (Wildman–Crippen LogP) is 3.66. The van der Waals surface area contributed by atoms with Gasteiger partial charge in [0.05, 0.1) is 6.54 Å². The lowest BCUT2D eigenvalue weighted by atomic mass is 10.1. The molecule has 0 bridgehead atoms. The van der Waals surface area contributed by atoms with Gasteiger partial charge in [0.15, 0.2) is 5.78 Å². The van der Waals surface area contributed by atoms with Crippen LogP contribution in [0, 0.1) is 6.92 Å². The highest BCUT2D eigenvalue weighted by atomic mass is 16.2. The summed E-state index contributed by atoms with van der Waals surface area (Å²) in [6.07, 6.45) is 1.66. The number of benzene rings is 2. The van der Waals surface area contributed by atoms with E-state index in [2.05, 4.69) is 5.32 Å². The molecule has 5 nitrogen and oxygen atoms in total. The number of carbonyl (C=O) groups excluding carboxylic acids is 2. The van der Waals surface area contributed by atoms with Gasteiger partial charge in [-0.2, -0.15) is 0 Å². The van der Waals surface area contributed by atoms with Gasteiger partial charge in [-0.05, 0) is 43.7 Å². The Hall–Kier alpha value is -3.47. The second-order valence-corrected chi connectivity index (χ2v) is 6.43. The maximum Gasteiger partial charge on any atom is 0.263 e. The molecule has 1 aromatic heterocycles. The summed E-state index contributed by atoms with van der Waals surface area (Å²) >= 11 is 0. The Morgan fingerprint density at radius 2 is 1.74 bits per heavy atom. The third-order valence-electron chi connectivity index (χ3n) is 4.27. The van der Waals surface area contributed by atoms with Crippen LogP contribution < -0.4 is 10.9 Å². The van der Waals surface area contributed by atoms with Gasteiger partial charge in [0.25, 0.3) is 11.5 Å². The fourth-order valence-corrected chi connectivity index (χ4v) is 2.74. The third-order valence-corrected chi connectivity index (χ3v) is 4.27. The van der Waals surface area contributed by atoms with Crippen LogP contribution in [0.15, 0.2) is 71.7 Å². The molecule has 0 radical (unpaired) electrons. The second kappa shape index (κ2) is 7.83. The van der Waals surface area contributed by atoms with Gasteiger partial charge < -0.3 is 9.88 Å². The van der Waals surface area contributed by atoms with Crippen LogP contribution in [0.4, 0.5) is 5.69 Å². The van der Waals surface area contributed by atoms with Crippen molar-refractivity contribution in [3.05, 3.63) is 99.5 Å². The third kappa shape index (κ3) is 4.39. The number of amides is 1. The van der Waals surface area contributed by atoms with Crippen LogP contribution >= 0.6 is 0 Å². The summed E-state index contributed by atoms with van der Waals surface area (Å²) in [5.74, 6) is -0.592. The molecule has 0 saturated carbocycles. The van der Waals surface area contributed by atoms with Crippen LogP contribution in [0.5, 0.6) is 0 Å². The Kier molecular flexibility index (Phi) is 5.31. The quantitative estimate of drug-likeness (QED) is 0.706. The lowest BCUT2D eigenvalue weighted by Gasteiger charge is -2.10. The van der Waals surface area contributed by atoms with Gasteiger partial charge in [-0.1, -0.05) is 42.0 Å². The van der Waals surface area contributed by atoms with E-state index in [4.69, 9.17) is 0 Å². The number of Topliss-reactive ketones (excluding diaryl/α,β-unsaturated/α-hetero) is 1. The number of aryl methyl sites for hydroxylation is 1. The molecule has 0 atom stereocenters. The lowest BCUT2D eigenvalue weighted by Crippen LogP contribution is -2.29. The van der Waals surface area contributed by atoms with E-state index < -0.39 is 5.91 Å². The normalized spacial score (nSPS) is 10.4. The summed E-state index contributed by atoms with van der Waals surface area (Å²) in [6, 6.07) is 17.7. The Balaban J connectivity index is 1.83. The number of aromatic nitrogens is 1. The fraction of sp³-hybridized carbons (Fsp3) is 0.136. The Labute approximate surface area is 157 Å². The molecule has 0 unspecified atom stereocenters. The smallest absolute Gasteiger partial charge is 0.263 e. The Morgan fingerprint density at radius 3 is 2.44 bits per heavy atom. The number of anilines is 1. The standard InChI is InChI=1S/C22H20N2O3/c1-15-8-10-17(11-9-15)14-24-12-4-7-20(22(24)27)21(26)23-19-6-3-5-18(13-19)16(2)25/h3-13H,14H2,1-2H3,(H,23,26). The van der Waals surface area contributed by atoms with E-state index in [9.17, 15) is 14.4 Å². The van der Waals surface area contributed by atoms with Crippen LogP contribution in [0.1, 0.15) is 38.8 Å². The monoisotopic (exact) mass is 360 g/mol. The number of rotatable bonds is 5. The van der Waals surface area contributed by atoms with E-state index in [0.29, 0.717) is 17.8 Å². The highest BCUT2D eigenvalue weighted by Crippen LogP contribution is 2.12. The molecule has 2 aromatic carbocycles. The Bertz CT molecular complexity index is 1050. The average Bonchev–Trinajstić information content (AvgIpc) is 2.65. The molecule has 1 amide bonds. The van der Waals surface area contributed by atoms with Crippen LogP contribution in [0.25, 0.3) is 0 Å². The maximum absolute atomic E-state index is 12.7. The summed E-state index contributed by atoms with van der Waals surface area (Å²) in [4.78, 5) is 36.7. The van der Waals surface area contributed by atoms with Crippen molar-refractivity contribution < 1.29 is 9.59 Å². The van der Waals surface area contributed by atoms with Gasteiger partial charge >= 0.3 is 0 Å². The summed E-state index contributed by atoms with van der Waals surface area (Å²) in [5.41, 5.74) is 2.79. The van der Waals surface area contributed by atoms with Crippen LogP contribution in [-0.2, 0) is 6.54 Å². The van der Waals surface area contributed by atoms with Gasteiger partial charge in [0, 0.05) is 17.4 Å². The molecule has 0 spiro atoms. The summed E-state index contributed by atoms with van der Waals surface area (Å²) in [6.45, 7) is 3.85. The van der Waals surface area contributed by atoms with E-state index >= 15 is 0 Å². The first kappa shape index (κ1) is 18.3. The van der Waals surface area contributed by atoms with Crippen molar-refractivity contribution in [1.29, 1.82) is 0 Å². The van der Waals surface area contributed by atoms with E-state index in [-0.39, 0.29) is 16.9 Å². The van der Waals surface area contributed by atoms with Gasteiger partial charge in [-0.15, -0.1) is 0 Å². The number of nitrogens with zero attached hydrogens (tertiary/aromatic N) is 1. The van der Waals surface area contributed by atoms with Crippen molar-refractivity contribution in [1.82, 2.24) is 4.57 Å². The minimum Gasteiger partial charge on any atom is -0.322 e. The van der Waals surface area contributed by atoms with Gasteiger partial charge in [-0.3, -0.25) is 14.4 Å². The summed E-state index contributed by atoms with van der Waals surface area (Å²) < 4.78 is 1.51. The molecule has 3 rings (SSSR count). The summed E-state index contributed by atoms with van der Waals surface area (Å²) in [5, 5.41) is 2.69. The molecule has 1 heterocycles. The zero-order valence-electron chi connectivity index (χ0n) is 15.2. The van der Waals surface area contributed by atoms with E-state index in [1.807, 2.05) is 31.2 Å². The first-order valence-electron chi connectivity index (χ1n) is 8.61. The zero-order valence-corrected chi connectivity index (χ0v) is 15.2. The van der Waals surface area contributed by atoms with Gasteiger partial charge in [0.2, 0.25) is 0 Å². The SMILES string of the molecule is CC(=O)c1cccc(NC(=O)c2cccn(Cc3ccc(C)cc3)c2=O)c1. The first-order chi connectivity index (χ1) is 12.9. The van der Waals surface area contributed by atoms with Crippen molar-refractivity contribution in [3.8, 4) is 0 Å². The van der Waals surface area contributed by atoms with Crippen molar-refractivity contribution in [3.63, 3.8) is 0 Å². The lowest BCUT2D eigenvalue weighted by molar-refractivity contribution is 0.101. The molecule has 3 aromatic rings. The van der Waals surface area contributed by atoms with Crippen molar-refractivity contribution in [2.75, 3.05) is 5.32 Å². The number of hydrogen-bond donors (Lipinski definition) is 1. The zero-order chi connectivity index (χ0) is 19.4. The van der Waals surface area contributed by atoms with Crippen LogP contribution in [0.2, 0.25) is 0 Å². The molecular weight excluding hydrogens is 340 g/mol. The molecule has 136 valence electrons. The van der Waals surface area contributed by atoms with Gasteiger partial charge in [-0.25, -0.2) is 0 Å². The molecule has 0 aliphatic heterocycles. The fourth-order valence-electron chi connectivity index (χ4n) is 2.74. The number of carbonyl (C=O) groups is 2. The van der Waals surface area contributed by atoms with Gasteiger partial charge in [0.1, 0.15) is 5.56 Å². The molecule has 27 heavy (non-hydrogen) atoms. The largest absolute Gasteiger partial charge is 0.322 e. The molecule has 1 N–H and O–H groups in total. The highest BCUT2D eigenvalue weighted by molar-refractivity contribution is 6.04. The first-order valence-corrected chi connectivity index (χ1v) is 8.61. The molecule has 0 aliphatic rings. The number of ketones is 1. The number of hydrogen-bond acceptors (Lipinski definition) is 3. The minimum atomic E-state index is -0.501.